The molecule has 0 atom stereocenters. The van der Waals surface area contributed by atoms with Crippen LogP contribution in [0.5, 0.6) is 0 Å². The quantitative estimate of drug-likeness (QED) is 0.657. The maximum Gasteiger partial charge on any atom is 0.253 e. The van der Waals surface area contributed by atoms with Gasteiger partial charge in [0.2, 0.25) is 10.0 Å². The Balaban J connectivity index is 1.16. The van der Waals surface area contributed by atoms with Gasteiger partial charge in [-0.15, -0.1) is 0 Å². The Hall–Kier alpha value is -1.48. The molecule has 4 saturated heterocycles. The monoisotopic (exact) mass is 474 g/mol. The van der Waals surface area contributed by atoms with Crippen LogP contribution in [0.2, 0.25) is 0 Å². The van der Waals surface area contributed by atoms with Crippen molar-refractivity contribution in [2.75, 3.05) is 52.4 Å². The van der Waals surface area contributed by atoms with Crippen molar-refractivity contribution in [2.24, 2.45) is 0 Å². The van der Waals surface area contributed by atoms with Gasteiger partial charge in [0.05, 0.1) is 4.90 Å². The molecule has 4 aliphatic rings. The zero-order valence-electron chi connectivity index (χ0n) is 19.7. The maximum absolute atomic E-state index is 13.2. The van der Waals surface area contributed by atoms with Crippen LogP contribution in [-0.2, 0) is 10.0 Å². The first-order chi connectivity index (χ1) is 16.0. The molecule has 0 spiro atoms. The summed E-state index contributed by atoms with van der Waals surface area (Å²) in [6.45, 7) is 7.44. The molecular formula is C25H38N4O3S. The number of sulfonamides is 1. The van der Waals surface area contributed by atoms with Gasteiger partial charge < -0.3 is 14.7 Å². The zero-order chi connectivity index (χ0) is 22.8. The Morgan fingerprint density at radius 1 is 0.667 bits per heavy atom. The van der Waals surface area contributed by atoms with Gasteiger partial charge in [0.15, 0.2) is 0 Å². The number of benzene rings is 1. The second-order valence-electron chi connectivity index (χ2n) is 10.2. The molecule has 0 N–H and O–H groups in total. The van der Waals surface area contributed by atoms with Crippen molar-refractivity contribution >= 4 is 15.9 Å². The number of piperidine rings is 2. The van der Waals surface area contributed by atoms with Gasteiger partial charge in [0.25, 0.3) is 5.91 Å². The minimum Gasteiger partial charge on any atom is -0.339 e. The number of amides is 1. The molecule has 5 rings (SSSR count). The molecule has 0 unspecified atom stereocenters. The molecule has 4 aliphatic heterocycles. The standard InChI is InChI=1S/C25H38N4O3S/c30-25(28-17-9-22(10-18-28)26-13-1-2-14-26)21-5-7-24(8-6-21)33(31,32)29-19-11-23(12-20-29)27-15-3-4-16-27/h5-8,22-23H,1-4,9-20H2. The lowest BCUT2D eigenvalue weighted by atomic mass is 10.0. The molecule has 0 saturated carbocycles. The highest BCUT2D eigenvalue weighted by molar-refractivity contribution is 7.89. The summed E-state index contributed by atoms with van der Waals surface area (Å²) in [5.41, 5.74) is 0.585. The lowest BCUT2D eigenvalue weighted by Crippen LogP contribution is -2.46. The third kappa shape index (κ3) is 4.99. The van der Waals surface area contributed by atoms with E-state index in [0.29, 0.717) is 35.6 Å². The minimum atomic E-state index is -3.51. The van der Waals surface area contributed by atoms with E-state index < -0.39 is 10.0 Å². The molecule has 0 bridgehead atoms. The molecule has 7 nitrogen and oxygen atoms in total. The van der Waals surface area contributed by atoms with Crippen LogP contribution in [-0.4, -0.2) is 97.8 Å². The SMILES string of the molecule is O=C(c1ccc(S(=O)(=O)N2CCC(N3CCCC3)CC2)cc1)N1CCC(N2CCCC2)CC1. The van der Waals surface area contributed by atoms with Gasteiger partial charge in [-0.25, -0.2) is 8.42 Å². The lowest BCUT2D eigenvalue weighted by molar-refractivity contribution is 0.0644. The number of carbonyl (C=O) groups excluding carboxylic acids is 1. The summed E-state index contributed by atoms with van der Waals surface area (Å²) in [6.07, 6.45) is 9.00. The predicted molar refractivity (Wildman–Crippen MR) is 129 cm³/mol. The van der Waals surface area contributed by atoms with E-state index in [2.05, 4.69) is 9.80 Å². The van der Waals surface area contributed by atoms with Crippen LogP contribution in [0, 0.1) is 0 Å². The van der Waals surface area contributed by atoms with E-state index in [1.54, 1.807) is 28.6 Å². The van der Waals surface area contributed by atoms with Crippen molar-refractivity contribution in [1.82, 2.24) is 19.0 Å². The summed E-state index contributed by atoms with van der Waals surface area (Å²) >= 11 is 0. The van der Waals surface area contributed by atoms with Crippen molar-refractivity contribution in [3.05, 3.63) is 29.8 Å². The lowest BCUT2D eigenvalue weighted by Gasteiger charge is -2.36. The van der Waals surface area contributed by atoms with Gasteiger partial charge in [-0.2, -0.15) is 4.31 Å². The molecule has 0 aliphatic carbocycles. The van der Waals surface area contributed by atoms with E-state index in [0.717, 1.165) is 51.9 Å². The van der Waals surface area contributed by atoms with Gasteiger partial charge >= 0.3 is 0 Å². The Kier molecular flexibility index (Phi) is 7.07. The normalized spacial score (nSPS) is 25.2. The number of nitrogens with zero attached hydrogens (tertiary/aromatic N) is 4. The van der Waals surface area contributed by atoms with Gasteiger partial charge in [0, 0.05) is 43.8 Å². The minimum absolute atomic E-state index is 0.0187. The third-order valence-corrected chi connectivity index (χ3v) is 10.1. The van der Waals surface area contributed by atoms with Crippen molar-refractivity contribution in [1.29, 1.82) is 0 Å². The van der Waals surface area contributed by atoms with Crippen LogP contribution in [0.1, 0.15) is 61.7 Å². The van der Waals surface area contributed by atoms with E-state index in [1.807, 2.05) is 4.90 Å². The topological polar surface area (TPSA) is 64.2 Å². The van der Waals surface area contributed by atoms with Gasteiger partial charge in [-0.3, -0.25) is 4.79 Å². The first kappa shape index (κ1) is 23.3. The highest BCUT2D eigenvalue weighted by Crippen LogP contribution is 2.26. The zero-order valence-corrected chi connectivity index (χ0v) is 20.5. The fraction of sp³-hybridized carbons (Fsp3) is 0.720. The second-order valence-corrected chi connectivity index (χ2v) is 12.1. The summed E-state index contributed by atoms with van der Waals surface area (Å²) in [4.78, 5) is 20.3. The first-order valence-electron chi connectivity index (χ1n) is 12.9. The number of hydrogen-bond acceptors (Lipinski definition) is 5. The van der Waals surface area contributed by atoms with Crippen molar-refractivity contribution < 1.29 is 13.2 Å². The van der Waals surface area contributed by atoms with E-state index in [1.165, 1.54) is 38.8 Å². The average molecular weight is 475 g/mol. The van der Waals surface area contributed by atoms with Crippen LogP contribution < -0.4 is 0 Å². The number of carbonyl (C=O) groups is 1. The van der Waals surface area contributed by atoms with Crippen molar-refractivity contribution in [2.45, 2.75) is 68.3 Å². The molecule has 1 amide bonds. The maximum atomic E-state index is 13.2. The van der Waals surface area contributed by atoms with Gasteiger partial charge in [0.1, 0.15) is 0 Å². The van der Waals surface area contributed by atoms with E-state index in [4.69, 9.17) is 0 Å². The summed E-state index contributed by atoms with van der Waals surface area (Å²) < 4.78 is 28.0. The molecule has 182 valence electrons. The smallest absolute Gasteiger partial charge is 0.253 e. The summed E-state index contributed by atoms with van der Waals surface area (Å²) in [5, 5.41) is 0. The summed E-state index contributed by atoms with van der Waals surface area (Å²) in [6, 6.07) is 7.75. The Labute approximate surface area is 198 Å². The Morgan fingerprint density at radius 3 is 1.61 bits per heavy atom. The van der Waals surface area contributed by atoms with E-state index >= 15 is 0 Å². The van der Waals surface area contributed by atoms with Crippen LogP contribution in [0.25, 0.3) is 0 Å². The van der Waals surface area contributed by atoms with Crippen LogP contribution in [0.15, 0.2) is 29.2 Å². The highest BCUT2D eigenvalue weighted by atomic mass is 32.2. The highest BCUT2D eigenvalue weighted by Gasteiger charge is 2.33. The van der Waals surface area contributed by atoms with Crippen molar-refractivity contribution in [3.8, 4) is 0 Å². The molecule has 8 heteroatoms. The fourth-order valence-electron chi connectivity index (χ4n) is 6.20. The molecule has 1 aromatic rings. The Morgan fingerprint density at radius 2 is 1.12 bits per heavy atom. The molecule has 33 heavy (non-hydrogen) atoms. The molecule has 0 aromatic heterocycles. The molecule has 1 aromatic carbocycles. The largest absolute Gasteiger partial charge is 0.339 e. The van der Waals surface area contributed by atoms with E-state index in [-0.39, 0.29) is 5.91 Å². The van der Waals surface area contributed by atoms with Crippen LogP contribution >= 0.6 is 0 Å². The van der Waals surface area contributed by atoms with E-state index in [9.17, 15) is 13.2 Å². The summed E-state index contributed by atoms with van der Waals surface area (Å²) in [5.74, 6) is 0.0187. The molecular weight excluding hydrogens is 436 g/mol. The number of rotatable bonds is 5. The summed E-state index contributed by atoms with van der Waals surface area (Å²) in [7, 11) is -3.51. The predicted octanol–water partition coefficient (Wildman–Crippen LogP) is 2.64. The average Bonchev–Trinajstić information content (AvgIpc) is 3.59. The Bertz CT molecular complexity index is 907. The van der Waals surface area contributed by atoms with Crippen molar-refractivity contribution in [3.63, 3.8) is 0 Å². The van der Waals surface area contributed by atoms with Crippen LogP contribution in [0.3, 0.4) is 0 Å². The molecule has 4 heterocycles. The van der Waals surface area contributed by atoms with Gasteiger partial charge in [-0.05, 0) is 102 Å². The van der Waals surface area contributed by atoms with Gasteiger partial charge in [-0.1, -0.05) is 0 Å². The number of hydrogen-bond donors (Lipinski definition) is 0. The first-order valence-corrected chi connectivity index (χ1v) is 14.3. The second kappa shape index (κ2) is 10.0. The number of likely N-dealkylation sites (tertiary alicyclic amines) is 3. The molecule has 0 radical (unpaired) electrons. The fourth-order valence-corrected chi connectivity index (χ4v) is 7.67. The molecule has 4 fully saturated rings. The van der Waals surface area contributed by atoms with Crippen LogP contribution in [0.4, 0.5) is 0 Å². The third-order valence-electron chi connectivity index (χ3n) is 8.23.